The molecule has 2 rings (SSSR count). The molecule has 0 aliphatic carbocycles. The van der Waals surface area contributed by atoms with Crippen molar-refractivity contribution in [1.29, 1.82) is 0 Å². The Hall–Kier alpha value is -3.72. The number of carboxylic acids is 1. The van der Waals surface area contributed by atoms with Crippen LogP contribution in [-0.2, 0) is 14.4 Å². The minimum atomic E-state index is -1.01. The predicted octanol–water partition coefficient (Wildman–Crippen LogP) is 2.05. The first-order chi connectivity index (χ1) is 14.9. The molecule has 2 amide bonds. The molecule has 31 heavy (non-hydrogen) atoms. The van der Waals surface area contributed by atoms with Gasteiger partial charge in [0, 0.05) is 24.2 Å². The Kier molecular flexibility index (Phi) is 11.7. The summed E-state index contributed by atoms with van der Waals surface area (Å²) in [5, 5.41) is 21.7. The van der Waals surface area contributed by atoms with Crippen molar-refractivity contribution >= 4 is 29.9 Å². The molecule has 0 aliphatic heterocycles. The monoisotopic (exact) mass is 429 g/mol. The molecule has 9 nitrogen and oxygen atoms in total. The summed E-state index contributed by atoms with van der Waals surface area (Å²) >= 11 is 0. The molecule has 166 valence electrons. The Labute approximate surface area is 180 Å². The SMILES string of the molecule is NCCCCC(=O)Nc1cccc(C(=O)NCC(C(=O)O)c2ccccc2)c1.O=CO. The number of nitrogens with one attached hydrogen (secondary N) is 2. The summed E-state index contributed by atoms with van der Waals surface area (Å²) in [4.78, 5) is 44.2. The maximum Gasteiger partial charge on any atom is 0.312 e. The molecular formula is C22H27N3O6. The lowest BCUT2D eigenvalue weighted by molar-refractivity contribution is -0.138. The van der Waals surface area contributed by atoms with Crippen molar-refractivity contribution in [3.8, 4) is 0 Å². The van der Waals surface area contributed by atoms with Gasteiger partial charge in [-0.1, -0.05) is 36.4 Å². The third-order valence-electron chi connectivity index (χ3n) is 4.23. The number of nitrogens with two attached hydrogens (primary N) is 1. The van der Waals surface area contributed by atoms with Gasteiger partial charge in [0.05, 0.1) is 5.92 Å². The second kappa shape index (κ2) is 14.3. The fourth-order valence-electron chi connectivity index (χ4n) is 2.72. The summed E-state index contributed by atoms with van der Waals surface area (Å²) in [6.45, 7) is 0.261. The van der Waals surface area contributed by atoms with Gasteiger partial charge in [0.1, 0.15) is 0 Å². The molecule has 0 aliphatic rings. The van der Waals surface area contributed by atoms with Crippen molar-refractivity contribution in [3.63, 3.8) is 0 Å². The number of rotatable bonds is 10. The average Bonchev–Trinajstić information content (AvgIpc) is 2.75. The van der Waals surface area contributed by atoms with Gasteiger partial charge in [-0.15, -0.1) is 0 Å². The molecule has 9 heteroatoms. The number of hydrogen-bond donors (Lipinski definition) is 5. The summed E-state index contributed by atoms with van der Waals surface area (Å²) in [6.07, 6.45) is 1.85. The van der Waals surface area contributed by atoms with E-state index in [4.69, 9.17) is 15.6 Å². The molecule has 0 saturated heterocycles. The number of aliphatic carboxylic acids is 1. The molecule has 1 atom stereocenters. The van der Waals surface area contributed by atoms with Crippen molar-refractivity contribution in [2.45, 2.75) is 25.2 Å². The van der Waals surface area contributed by atoms with Crippen LogP contribution in [-0.4, -0.2) is 47.6 Å². The van der Waals surface area contributed by atoms with Crippen LogP contribution in [0.15, 0.2) is 54.6 Å². The summed E-state index contributed by atoms with van der Waals surface area (Å²) in [6, 6.07) is 15.3. The van der Waals surface area contributed by atoms with Crippen molar-refractivity contribution in [3.05, 3.63) is 65.7 Å². The predicted molar refractivity (Wildman–Crippen MR) is 116 cm³/mol. The van der Waals surface area contributed by atoms with Gasteiger partial charge in [0.15, 0.2) is 0 Å². The van der Waals surface area contributed by atoms with Crippen molar-refractivity contribution in [2.24, 2.45) is 5.73 Å². The van der Waals surface area contributed by atoms with E-state index in [0.717, 1.165) is 6.42 Å². The van der Waals surface area contributed by atoms with Gasteiger partial charge < -0.3 is 26.6 Å². The number of hydrogen-bond acceptors (Lipinski definition) is 5. The van der Waals surface area contributed by atoms with Crippen molar-refractivity contribution in [1.82, 2.24) is 5.32 Å². The van der Waals surface area contributed by atoms with Gasteiger partial charge in [0.2, 0.25) is 5.91 Å². The van der Waals surface area contributed by atoms with E-state index < -0.39 is 17.8 Å². The fourth-order valence-corrected chi connectivity index (χ4v) is 2.72. The van der Waals surface area contributed by atoms with E-state index >= 15 is 0 Å². The number of carbonyl (C=O) groups excluding carboxylic acids is 2. The van der Waals surface area contributed by atoms with E-state index in [1.54, 1.807) is 54.6 Å². The van der Waals surface area contributed by atoms with E-state index in [-0.39, 0.29) is 18.9 Å². The van der Waals surface area contributed by atoms with Crippen LogP contribution in [0.1, 0.15) is 41.1 Å². The van der Waals surface area contributed by atoms with Gasteiger partial charge >= 0.3 is 5.97 Å². The Morgan fingerprint density at radius 1 is 1.03 bits per heavy atom. The fraction of sp³-hybridized carbons (Fsp3) is 0.273. The first-order valence-corrected chi connectivity index (χ1v) is 9.66. The molecule has 0 aromatic heterocycles. The van der Waals surface area contributed by atoms with Crippen LogP contribution in [0, 0.1) is 0 Å². The van der Waals surface area contributed by atoms with E-state index in [1.807, 2.05) is 0 Å². The number of carboxylic acid groups (broad SMARTS) is 2. The van der Waals surface area contributed by atoms with Crippen molar-refractivity contribution in [2.75, 3.05) is 18.4 Å². The highest BCUT2D eigenvalue weighted by Gasteiger charge is 2.20. The van der Waals surface area contributed by atoms with Crippen LogP contribution in [0.3, 0.4) is 0 Å². The number of unbranched alkanes of at least 4 members (excludes halogenated alkanes) is 1. The smallest absolute Gasteiger partial charge is 0.312 e. The molecule has 0 fully saturated rings. The molecule has 6 N–H and O–H groups in total. The second-order valence-corrected chi connectivity index (χ2v) is 6.49. The second-order valence-electron chi connectivity index (χ2n) is 6.49. The largest absolute Gasteiger partial charge is 0.483 e. The highest BCUT2D eigenvalue weighted by molar-refractivity contribution is 5.97. The Morgan fingerprint density at radius 2 is 1.71 bits per heavy atom. The normalized spacial score (nSPS) is 10.7. The molecule has 2 aromatic carbocycles. The standard InChI is InChI=1S/C21H25N3O4.CH2O2/c22-12-5-4-11-19(25)24-17-10-6-9-16(13-17)20(26)23-14-18(21(27)28)15-7-2-1-3-8-15;2-1-3/h1-3,6-10,13,18H,4-5,11-12,14,22H2,(H,23,26)(H,24,25)(H,27,28);1H,(H,2,3). The van der Waals surface area contributed by atoms with Crippen LogP contribution >= 0.6 is 0 Å². The summed E-state index contributed by atoms with van der Waals surface area (Å²) < 4.78 is 0. The Balaban J connectivity index is 0.00000151. The average molecular weight is 429 g/mol. The molecular weight excluding hydrogens is 402 g/mol. The zero-order chi connectivity index (χ0) is 23.1. The van der Waals surface area contributed by atoms with Gasteiger partial charge in [0.25, 0.3) is 12.4 Å². The first kappa shape index (κ1) is 25.3. The molecule has 0 spiro atoms. The van der Waals surface area contributed by atoms with Crippen molar-refractivity contribution < 1.29 is 29.4 Å². The molecule has 0 bridgehead atoms. The lowest BCUT2D eigenvalue weighted by Crippen LogP contribution is -2.31. The third kappa shape index (κ3) is 9.55. The zero-order valence-corrected chi connectivity index (χ0v) is 17.0. The van der Waals surface area contributed by atoms with E-state index in [9.17, 15) is 19.5 Å². The summed E-state index contributed by atoms with van der Waals surface area (Å²) in [5.74, 6) is -2.39. The molecule has 0 radical (unpaired) electrons. The highest BCUT2D eigenvalue weighted by Crippen LogP contribution is 2.16. The minimum absolute atomic E-state index is 0.0339. The Bertz CT molecular complexity index is 857. The summed E-state index contributed by atoms with van der Waals surface area (Å²) in [7, 11) is 0. The minimum Gasteiger partial charge on any atom is -0.483 e. The molecule has 2 aromatic rings. The first-order valence-electron chi connectivity index (χ1n) is 9.66. The van der Waals surface area contributed by atoms with Crippen LogP contribution in [0.2, 0.25) is 0 Å². The topological polar surface area (TPSA) is 159 Å². The van der Waals surface area contributed by atoms with E-state index in [0.29, 0.717) is 36.2 Å². The number of benzene rings is 2. The van der Waals surface area contributed by atoms with E-state index in [1.165, 1.54) is 0 Å². The van der Waals surface area contributed by atoms with E-state index in [2.05, 4.69) is 10.6 Å². The van der Waals surface area contributed by atoms with Crippen LogP contribution < -0.4 is 16.4 Å². The summed E-state index contributed by atoms with van der Waals surface area (Å²) in [5.41, 5.74) is 6.89. The number of anilines is 1. The lowest BCUT2D eigenvalue weighted by Gasteiger charge is -2.14. The Morgan fingerprint density at radius 3 is 2.32 bits per heavy atom. The van der Waals surface area contributed by atoms with Gasteiger partial charge in [-0.25, -0.2) is 0 Å². The van der Waals surface area contributed by atoms with Crippen LogP contribution in [0.5, 0.6) is 0 Å². The zero-order valence-electron chi connectivity index (χ0n) is 17.0. The number of carbonyl (C=O) groups is 4. The van der Waals surface area contributed by atoms with Crippen LogP contribution in [0.25, 0.3) is 0 Å². The highest BCUT2D eigenvalue weighted by atomic mass is 16.4. The lowest BCUT2D eigenvalue weighted by atomic mass is 9.99. The van der Waals surface area contributed by atoms with Gasteiger partial charge in [-0.3, -0.25) is 19.2 Å². The maximum absolute atomic E-state index is 12.4. The number of amides is 2. The molecule has 0 heterocycles. The van der Waals surface area contributed by atoms with Gasteiger partial charge in [-0.2, -0.15) is 0 Å². The maximum atomic E-state index is 12.4. The van der Waals surface area contributed by atoms with Crippen LogP contribution in [0.4, 0.5) is 5.69 Å². The third-order valence-corrected chi connectivity index (χ3v) is 4.23. The molecule has 1 unspecified atom stereocenters. The van der Waals surface area contributed by atoms with Gasteiger partial charge in [-0.05, 0) is 43.1 Å². The quantitative estimate of drug-likeness (QED) is 0.285. The molecule has 0 saturated carbocycles.